The average Bonchev–Trinajstić information content (AvgIpc) is 3.41. The molecule has 0 saturated heterocycles. The Bertz CT molecular complexity index is 1400. The van der Waals surface area contributed by atoms with Crippen LogP contribution in [0, 0.1) is 12.7 Å². The van der Waals surface area contributed by atoms with Gasteiger partial charge in [0.15, 0.2) is 11.5 Å². The van der Waals surface area contributed by atoms with Crippen LogP contribution in [0.2, 0.25) is 0 Å². The van der Waals surface area contributed by atoms with Crippen LogP contribution >= 0.6 is 11.3 Å². The Labute approximate surface area is 193 Å². The number of fused-ring (bicyclic) bond motifs is 2. The van der Waals surface area contributed by atoms with Crippen LogP contribution in [0.3, 0.4) is 0 Å². The second-order valence-electron chi connectivity index (χ2n) is 7.59. The van der Waals surface area contributed by atoms with Gasteiger partial charge in [-0.25, -0.2) is 29.3 Å². The minimum absolute atomic E-state index is 0.226. The predicted molar refractivity (Wildman–Crippen MR) is 126 cm³/mol. The van der Waals surface area contributed by atoms with Gasteiger partial charge in [0.1, 0.15) is 28.3 Å². The molecule has 0 fully saturated rings. The number of anilines is 1. The molecule has 9 nitrogen and oxygen atoms in total. The smallest absolute Gasteiger partial charge is 0.177 e. The van der Waals surface area contributed by atoms with Gasteiger partial charge in [-0.05, 0) is 30.7 Å². The first-order valence-corrected chi connectivity index (χ1v) is 11.4. The molecule has 5 rings (SSSR count). The monoisotopic (exact) mass is 463 g/mol. The molecule has 168 valence electrons. The molecule has 0 aliphatic rings. The fraction of sp³-hybridized carbons (Fsp3) is 0.273. The van der Waals surface area contributed by atoms with E-state index in [4.69, 9.17) is 4.98 Å². The van der Waals surface area contributed by atoms with Gasteiger partial charge in [0.2, 0.25) is 0 Å². The summed E-state index contributed by atoms with van der Waals surface area (Å²) in [7, 11) is 0. The highest BCUT2D eigenvalue weighted by Crippen LogP contribution is 2.25. The molecular weight excluding hydrogens is 441 g/mol. The van der Waals surface area contributed by atoms with Crippen LogP contribution in [0.1, 0.15) is 22.1 Å². The summed E-state index contributed by atoms with van der Waals surface area (Å²) in [4.78, 5) is 30.3. The second kappa shape index (κ2) is 9.51. The highest BCUT2D eigenvalue weighted by molar-refractivity contribution is 7.18. The van der Waals surface area contributed by atoms with E-state index in [0.717, 1.165) is 58.3 Å². The first-order valence-electron chi connectivity index (χ1n) is 10.6. The maximum atomic E-state index is 13.8. The predicted octanol–water partition coefficient (Wildman–Crippen LogP) is 3.19. The van der Waals surface area contributed by atoms with Crippen molar-refractivity contribution in [2.45, 2.75) is 26.3 Å². The second-order valence-corrected chi connectivity index (χ2v) is 8.65. The molecular formula is C22H22FN9S. The quantitative estimate of drug-likeness (QED) is 0.285. The van der Waals surface area contributed by atoms with E-state index in [1.807, 2.05) is 13.1 Å². The molecule has 0 saturated carbocycles. The Hall–Kier alpha value is -3.57. The van der Waals surface area contributed by atoms with Gasteiger partial charge in [0.05, 0.1) is 22.8 Å². The van der Waals surface area contributed by atoms with Crippen molar-refractivity contribution in [1.82, 2.24) is 40.2 Å². The third kappa shape index (κ3) is 4.94. The Morgan fingerprint density at radius 2 is 2.00 bits per heavy atom. The van der Waals surface area contributed by atoms with Crippen LogP contribution in [0.4, 0.5) is 10.2 Å². The molecule has 0 spiro atoms. The van der Waals surface area contributed by atoms with Crippen molar-refractivity contribution < 1.29 is 4.39 Å². The number of hydrogen-bond donors (Lipinski definition) is 3. The van der Waals surface area contributed by atoms with E-state index in [1.54, 1.807) is 12.3 Å². The Morgan fingerprint density at radius 3 is 2.91 bits per heavy atom. The van der Waals surface area contributed by atoms with Crippen LogP contribution in [0.15, 0.2) is 36.9 Å². The summed E-state index contributed by atoms with van der Waals surface area (Å²) in [5.74, 6) is 1.15. The molecule has 0 aliphatic heterocycles. The lowest BCUT2D eigenvalue weighted by molar-refractivity contribution is 0.602. The standard InChI is InChI=1S/C22H22FN9S/c1-13-9-15-20(26-10-13)31-17(30-15)4-7-24-8-5-18-32-19-21(28-12-29-22(19)33-18)27-11-16-14(23)3-2-6-25-16/h2-3,6,9-10,12,24H,4-5,7-8,11H2,1H3,(H,26,30,31)(H,27,28,29). The first kappa shape index (κ1) is 21.3. The van der Waals surface area contributed by atoms with Gasteiger partial charge in [0, 0.05) is 38.3 Å². The number of hydrogen-bond acceptors (Lipinski definition) is 9. The fourth-order valence-corrected chi connectivity index (χ4v) is 4.35. The minimum atomic E-state index is -0.352. The molecule has 0 aliphatic carbocycles. The fourth-order valence-electron chi connectivity index (χ4n) is 3.45. The minimum Gasteiger partial charge on any atom is -0.362 e. The third-order valence-electron chi connectivity index (χ3n) is 5.08. The van der Waals surface area contributed by atoms with Crippen molar-refractivity contribution in [3.05, 3.63) is 64.8 Å². The Balaban J connectivity index is 1.15. The van der Waals surface area contributed by atoms with E-state index in [0.29, 0.717) is 17.0 Å². The summed E-state index contributed by atoms with van der Waals surface area (Å²) < 4.78 is 13.8. The van der Waals surface area contributed by atoms with Crippen LogP contribution in [0.25, 0.3) is 21.5 Å². The van der Waals surface area contributed by atoms with Gasteiger partial charge < -0.3 is 15.6 Å². The maximum absolute atomic E-state index is 13.8. The number of H-pyrrole nitrogens is 1. The van der Waals surface area contributed by atoms with E-state index in [-0.39, 0.29) is 12.4 Å². The molecule has 0 amide bonds. The zero-order valence-corrected chi connectivity index (χ0v) is 18.8. The molecule has 3 N–H and O–H groups in total. The molecule has 11 heteroatoms. The van der Waals surface area contributed by atoms with Gasteiger partial charge in [-0.1, -0.05) is 11.3 Å². The summed E-state index contributed by atoms with van der Waals surface area (Å²) in [6.07, 6.45) is 6.44. The van der Waals surface area contributed by atoms with Crippen LogP contribution < -0.4 is 10.6 Å². The average molecular weight is 464 g/mol. The number of aromatic nitrogens is 7. The number of imidazole rings is 1. The highest BCUT2D eigenvalue weighted by atomic mass is 32.1. The topological polar surface area (TPSA) is 117 Å². The number of rotatable bonds is 9. The first-order chi connectivity index (χ1) is 16.2. The van der Waals surface area contributed by atoms with Crippen LogP contribution in [-0.2, 0) is 19.4 Å². The molecule has 0 aromatic carbocycles. The zero-order chi connectivity index (χ0) is 22.6. The maximum Gasteiger partial charge on any atom is 0.177 e. The largest absolute Gasteiger partial charge is 0.362 e. The molecule has 0 atom stereocenters. The van der Waals surface area contributed by atoms with E-state index in [9.17, 15) is 4.39 Å². The summed E-state index contributed by atoms with van der Waals surface area (Å²) >= 11 is 1.54. The Kier molecular flexibility index (Phi) is 6.13. The number of aromatic amines is 1. The lowest BCUT2D eigenvalue weighted by Crippen LogP contribution is -2.20. The number of pyridine rings is 2. The van der Waals surface area contributed by atoms with Gasteiger partial charge in [-0.2, -0.15) is 0 Å². The molecule has 33 heavy (non-hydrogen) atoms. The van der Waals surface area contributed by atoms with E-state index >= 15 is 0 Å². The van der Waals surface area contributed by atoms with E-state index in [2.05, 4.69) is 46.6 Å². The third-order valence-corrected chi connectivity index (χ3v) is 6.10. The molecule has 5 heterocycles. The molecule has 0 unspecified atom stereocenters. The van der Waals surface area contributed by atoms with Gasteiger partial charge in [-0.3, -0.25) is 4.98 Å². The number of nitrogens with zero attached hydrogens (tertiary/aromatic N) is 6. The summed E-state index contributed by atoms with van der Waals surface area (Å²) in [5.41, 5.74) is 3.86. The van der Waals surface area contributed by atoms with Gasteiger partial charge in [0.25, 0.3) is 0 Å². The summed E-state index contributed by atoms with van der Waals surface area (Å²) in [6.45, 7) is 3.82. The van der Waals surface area contributed by atoms with Crippen LogP contribution in [0.5, 0.6) is 0 Å². The van der Waals surface area contributed by atoms with Crippen molar-refractivity contribution >= 4 is 38.7 Å². The lowest BCUT2D eigenvalue weighted by atomic mass is 10.3. The van der Waals surface area contributed by atoms with Gasteiger partial charge in [-0.15, -0.1) is 0 Å². The van der Waals surface area contributed by atoms with Crippen molar-refractivity contribution in [1.29, 1.82) is 0 Å². The van der Waals surface area contributed by atoms with Gasteiger partial charge >= 0.3 is 0 Å². The molecule has 5 aromatic heterocycles. The molecule has 0 bridgehead atoms. The number of halogens is 1. The number of aryl methyl sites for hydroxylation is 1. The van der Waals surface area contributed by atoms with Crippen molar-refractivity contribution in [3.63, 3.8) is 0 Å². The normalized spacial score (nSPS) is 11.5. The molecule has 0 radical (unpaired) electrons. The van der Waals surface area contributed by atoms with Crippen molar-refractivity contribution in [2.24, 2.45) is 0 Å². The number of nitrogens with one attached hydrogen (secondary N) is 3. The lowest BCUT2D eigenvalue weighted by Gasteiger charge is -2.05. The van der Waals surface area contributed by atoms with E-state index in [1.165, 1.54) is 23.7 Å². The van der Waals surface area contributed by atoms with Crippen molar-refractivity contribution in [3.8, 4) is 0 Å². The van der Waals surface area contributed by atoms with Crippen molar-refractivity contribution in [2.75, 3.05) is 18.4 Å². The molecule has 5 aromatic rings. The SMILES string of the molecule is Cc1cnc2nc(CCNCCc3nc4c(NCc5ncccc5F)ncnc4s3)[nH]c2c1. The highest BCUT2D eigenvalue weighted by Gasteiger charge is 2.12. The van der Waals surface area contributed by atoms with Crippen LogP contribution in [-0.4, -0.2) is 48.0 Å². The zero-order valence-electron chi connectivity index (χ0n) is 18.0. The summed E-state index contributed by atoms with van der Waals surface area (Å²) in [5, 5.41) is 7.53. The Morgan fingerprint density at radius 1 is 1.09 bits per heavy atom. The number of thiazole rings is 1. The van der Waals surface area contributed by atoms with E-state index < -0.39 is 0 Å². The summed E-state index contributed by atoms with van der Waals surface area (Å²) in [6, 6.07) is 5.01.